The summed E-state index contributed by atoms with van der Waals surface area (Å²) in [6.07, 6.45) is 10.7. The Bertz CT molecular complexity index is 530. The van der Waals surface area contributed by atoms with Gasteiger partial charge in [0.2, 0.25) is 0 Å². The summed E-state index contributed by atoms with van der Waals surface area (Å²) >= 11 is 0. The Morgan fingerprint density at radius 1 is 1.35 bits per heavy atom. The summed E-state index contributed by atoms with van der Waals surface area (Å²) in [6.45, 7) is 4.00. The molecule has 0 saturated carbocycles. The van der Waals surface area contributed by atoms with E-state index in [1.54, 1.807) is 12.3 Å². The molecule has 0 N–H and O–H groups in total. The molecule has 1 aliphatic carbocycles. The fourth-order valence-corrected chi connectivity index (χ4v) is 1.46. The second-order valence-electron chi connectivity index (χ2n) is 3.22. The summed E-state index contributed by atoms with van der Waals surface area (Å²) < 4.78 is 4.61. The third-order valence-corrected chi connectivity index (χ3v) is 2.25. The first kappa shape index (κ1) is 13.2. The van der Waals surface area contributed by atoms with Gasteiger partial charge in [-0.2, -0.15) is 0 Å². The summed E-state index contributed by atoms with van der Waals surface area (Å²) in [7, 11) is 1.35. The van der Waals surface area contributed by atoms with E-state index in [2.05, 4.69) is 21.9 Å². The van der Waals surface area contributed by atoms with E-state index in [0.717, 1.165) is 16.9 Å². The highest BCUT2D eigenvalue weighted by molar-refractivity contribution is 5.87. The fraction of sp³-hybridized carbons (Fsp3) is 0.286. The highest BCUT2D eigenvalue weighted by atomic mass is 16.5. The summed E-state index contributed by atoms with van der Waals surface area (Å²) in [4.78, 5) is 15.3. The molecule has 0 aliphatic heterocycles. The summed E-state index contributed by atoms with van der Waals surface area (Å²) in [5.41, 5.74) is 0.344. The number of methoxy groups -OCH3 is 1. The van der Waals surface area contributed by atoms with Crippen molar-refractivity contribution in [2.45, 2.75) is 20.3 Å². The minimum absolute atomic E-state index is 0.344. The highest BCUT2D eigenvalue weighted by Crippen LogP contribution is 1.93. The third kappa shape index (κ3) is 3.28. The van der Waals surface area contributed by atoms with Crippen LogP contribution in [-0.2, 0) is 4.74 Å². The molecule has 1 aliphatic rings. The first-order valence-corrected chi connectivity index (χ1v) is 5.72. The van der Waals surface area contributed by atoms with Crippen molar-refractivity contribution in [3.8, 4) is 0 Å². The zero-order valence-electron chi connectivity index (χ0n) is 10.4. The van der Waals surface area contributed by atoms with Crippen LogP contribution in [0, 0.1) is 0 Å². The lowest BCUT2D eigenvalue weighted by molar-refractivity contribution is 0.0594. The number of esters is 1. The minimum Gasteiger partial charge on any atom is -0.464 e. The Kier molecular flexibility index (Phi) is 5.14. The van der Waals surface area contributed by atoms with Crippen molar-refractivity contribution < 1.29 is 9.53 Å². The molecule has 0 radical (unpaired) electrons. The molecule has 0 aromatic carbocycles. The second-order valence-corrected chi connectivity index (χ2v) is 3.22. The number of carbonyl (C=O) groups excluding carboxylic acids is 1. The molecule has 0 fully saturated rings. The summed E-state index contributed by atoms with van der Waals surface area (Å²) in [5, 5.41) is 2.05. The number of hydrogen-bond acceptors (Lipinski definition) is 3. The van der Waals surface area contributed by atoms with Crippen LogP contribution in [0.3, 0.4) is 0 Å². The predicted molar refractivity (Wildman–Crippen MR) is 68.9 cm³/mol. The van der Waals surface area contributed by atoms with Crippen molar-refractivity contribution in [1.82, 2.24) is 4.98 Å². The van der Waals surface area contributed by atoms with Crippen LogP contribution < -0.4 is 10.4 Å². The van der Waals surface area contributed by atoms with E-state index in [1.807, 2.05) is 26.0 Å². The molecule has 0 saturated heterocycles. The second kappa shape index (κ2) is 6.63. The van der Waals surface area contributed by atoms with E-state index < -0.39 is 5.97 Å². The molecule has 0 atom stereocenters. The molecule has 0 amide bonds. The molecule has 0 bridgehead atoms. The van der Waals surface area contributed by atoms with E-state index in [0.29, 0.717) is 5.69 Å². The molecule has 1 aromatic rings. The van der Waals surface area contributed by atoms with Gasteiger partial charge in [-0.1, -0.05) is 38.2 Å². The average Bonchev–Trinajstić information content (AvgIpc) is 2.64. The zero-order chi connectivity index (χ0) is 12.7. The van der Waals surface area contributed by atoms with Crippen molar-refractivity contribution in [1.29, 1.82) is 0 Å². The average molecular weight is 231 g/mol. The van der Waals surface area contributed by atoms with Crippen LogP contribution in [0.25, 0.3) is 12.2 Å². The largest absolute Gasteiger partial charge is 0.464 e. The van der Waals surface area contributed by atoms with Gasteiger partial charge in [0.1, 0.15) is 5.69 Å². The summed E-state index contributed by atoms with van der Waals surface area (Å²) in [6, 6.07) is 1.74. The van der Waals surface area contributed by atoms with Crippen molar-refractivity contribution in [2.75, 3.05) is 7.11 Å². The maximum Gasteiger partial charge on any atom is 0.356 e. The lowest BCUT2D eigenvalue weighted by Gasteiger charge is -1.97. The Balaban J connectivity index is 0.000000686. The van der Waals surface area contributed by atoms with E-state index in [-0.39, 0.29) is 0 Å². The number of nitrogens with zero attached hydrogens (tertiary/aromatic N) is 1. The smallest absolute Gasteiger partial charge is 0.356 e. The molecule has 90 valence electrons. The van der Waals surface area contributed by atoms with Crippen molar-refractivity contribution in [3.05, 3.63) is 40.5 Å². The van der Waals surface area contributed by atoms with Gasteiger partial charge in [0.25, 0.3) is 0 Å². The normalized spacial score (nSPS) is 11.9. The Hall–Kier alpha value is -1.90. The monoisotopic (exact) mass is 231 g/mol. The zero-order valence-corrected chi connectivity index (χ0v) is 10.4. The molecule has 1 heterocycles. The summed E-state index contributed by atoms with van der Waals surface area (Å²) in [5.74, 6) is -0.403. The van der Waals surface area contributed by atoms with E-state index >= 15 is 0 Å². The number of rotatable bonds is 1. The van der Waals surface area contributed by atoms with Gasteiger partial charge in [-0.15, -0.1) is 0 Å². The van der Waals surface area contributed by atoms with Crippen LogP contribution in [0.2, 0.25) is 0 Å². The lowest BCUT2D eigenvalue weighted by atomic mass is 10.2. The van der Waals surface area contributed by atoms with E-state index in [9.17, 15) is 4.79 Å². The van der Waals surface area contributed by atoms with Gasteiger partial charge < -0.3 is 4.74 Å². The van der Waals surface area contributed by atoms with Crippen LogP contribution in [0.1, 0.15) is 30.8 Å². The van der Waals surface area contributed by atoms with Gasteiger partial charge in [-0.05, 0) is 22.9 Å². The molecule has 0 spiro atoms. The Morgan fingerprint density at radius 2 is 2.12 bits per heavy atom. The Labute approximate surface area is 101 Å². The number of carbonyl (C=O) groups is 1. The van der Waals surface area contributed by atoms with Crippen LogP contribution >= 0.6 is 0 Å². The highest BCUT2D eigenvalue weighted by Gasteiger charge is 2.05. The van der Waals surface area contributed by atoms with Crippen LogP contribution in [0.5, 0.6) is 0 Å². The van der Waals surface area contributed by atoms with Gasteiger partial charge in [-0.3, -0.25) is 0 Å². The van der Waals surface area contributed by atoms with E-state index in [4.69, 9.17) is 0 Å². The molecule has 0 unspecified atom stereocenters. The first-order chi connectivity index (χ1) is 8.31. The number of ether oxygens (including phenoxy) is 1. The van der Waals surface area contributed by atoms with Gasteiger partial charge in [0, 0.05) is 6.20 Å². The number of fused-ring (bicyclic) bond motifs is 1. The van der Waals surface area contributed by atoms with Crippen molar-refractivity contribution in [2.24, 2.45) is 0 Å². The van der Waals surface area contributed by atoms with Crippen LogP contribution in [0.15, 0.2) is 24.4 Å². The molecule has 3 nitrogen and oxygen atoms in total. The number of hydrogen-bond donors (Lipinski definition) is 0. The van der Waals surface area contributed by atoms with Crippen LogP contribution in [0.4, 0.5) is 0 Å². The lowest BCUT2D eigenvalue weighted by Crippen LogP contribution is -2.26. The molecule has 1 aromatic heterocycles. The quantitative estimate of drug-likeness (QED) is 0.686. The predicted octanol–water partition coefficient (Wildman–Crippen LogP) is 1.42. The van der Waals surface area contributed by atoms with Crippen molar-refractivity contribution >= 4 is 18.1 Å². The van der Waals surface area contributed by atoms with Gasteiger partial charge in [0.05, 0.1) is 7.11 Å². The molecular weight excluding hydrogens is 214 g/mol. The molecule has 3 heteroatoms. The minimum atomic E-state index is -0.403. The molecule has 17 heavy (non-hydrogen) atoms. The topological polar surface area (TPSA) is 39.2 Å². The maximum absolute atomic E-state index is 11.3. The SMILES string of the molecule is CC.COC(=O)c1cc2c(cn1)=CCC=CC=2. The number of aromatic nitrogens is 1. The van der Waals surface area contributed by atoms with Gasteiger partial charge >= 0.3 is 5.97 Å². The van der Waals surface area contributed by atoms with Crippen molar-refractivity contribution in [3.63, 3.8) is 0 Å². The molecule has 2 rings (SSSR count). The van der Waals surface area contributed by atoms with E-state index in [1.165, 1.54) is 7.11 Å². The third-order valence-electron chi connectivity index (χ3n) is 2.25. The molecular formula is C14H17NO2. The number of pyridine rings is 1. The standard InChI is InChI=1S/C12H11NO2.C2H6/c1-15-12(14)11-7-9-5-3-2-4-6-10(9)8-13-11;1-2/h2-3,5-8H,4H2,1H3;1-2H3. The van der Waals surface area contributed by atoms with Gasteiger partial charge in [-0.25, -0.2) is 9.78 Å². The Morgan fingerprint density at radius 3 is 2.82 bits per heavy atom. The fourth-order valence-electron chi connectivity index (χ4n) is 1.46. The van der Waals surface area contributed by atoms with Gasteiger partial charge in [0.15, 0.2) is 0 Å². The maximum atomic E-state index is 11.3. The first-order valence-electron chi connectivity index (χ1n) is 5.72. The number of allylic oxidation sites excluding steroid dienone is 2. The van der Waals surface area contributed by atoms with Crippen LogP contribution in [-0.4, -0.2) is 18.1 Å².